The minimum atomic E-state index is -0.189. The van der Waals surface area contributed by atoms with Crippen LogP contribution in [0.2, 0.25) is 0 Å². The molecular weight excluding hydrogens is 224 g/mol. The van der Waals surface area contributed by atoms with E-state index in [-0.39, 0.29) is 11.4 Å². The summed E-state index contributed by atoms with van der Waals surface area (Å²) in [6, 6.07) is 0. The first-order valence-corrected chi connectivity index (χ1v) is 6.24. The molecule has 0 fully saturated rings. The highest BCUT2D eigenvalue weighted by Gasteiger charge is 2.14. The van der Waals surface area contributed by atoms with Crippen molar-refractivity contribution in [1.82, 2.24) is 20.5 Å². The molecule has 0 aliphatic rings. The predicted octanol–water partition coefficient (Wildman–Crippen LogP) is 1.37. The normalized spacial score (nSPS) is 11.5. The van der Waals surface area contributed by atoms with E-state index in [2.05, 4.69) is 20.5 Å². The summed E-state index contributed by atoms with van der Waals surface area (Å²) in [6.45, 7) is 7.87. The van der Waals surface area contributed by atoms with Crippen LogP contribution in [0.3, 0.4) is 0 Å². The van der Waals surface area contributed by atoms with Gasteiger partial charge in [-0.05, 0) is 20.8 Å². The third kappa shape index (κ3) is 4.65. The largest absolute Gasteiger partial charge is 0.351 e. The van der Waals surface area contributed by atoms with Crippen molar-refractivity contribution in [2.75, 3.05) is 5.75 Å². The minimum absolute atomic E-state index is 0.000323. The molecule has 0 radical (unpaired) electrons. The first kappa shape index (κ1) is 13.0. The number of H-pyrrole nitrogens is 1. The van der Waals surface area contributed by atoms with Crippen molar-refractivity contribution < 1.29 is 4.79 Å². The van der Waals surface area contributed by atoms with E-state index < -0.39 is 0 Å². The van der Waals surface area contributed by atoms with Crippen LogP contribution in [0, 0.1) is 0 Å². The topological polar surface area (TPSA) is 70.7 Å². The fraction of sp³-hybridized carbons (Fsp3) is 0.700. The molecule has 1 aromatic rings. The highest BCUT2D eigenvalue weighted by atomic mass is 32.2. The summed E-state index contributed by atoms with van der Waals surface area (Å²) in [6.07, 6.45) is 0.821. The van der Waals surface area contributed by atoms with Crippen molar-refractivity contribution in [2.24, 2.45) is 0 Å². The van der Waals surface area contributed by atoms with E-state index in [0.29, 0.717) is 10.9 Å². The SMILES string of the molecule is CCc1nc(SCC(=O)NC(C)(C)C)n[nH]1. The third-order valence-electron chi connectivity index (χ3n) is 1.69. The Hall–Kier alpha value is -1.04. The summed E-state index contributed by atoms with van der Waals surface area (Å²) in [5, 5.41) is 10.3. The van der Waals surface area contributed by atoms with Crippen molar-refractivity contribution >= 4 is 17.7 Å². The smallest absolute Gasteiger partial charge is 0.230 e. The van der Waals surface area contributed by atoms with Crippen LogP contribution in [-0.4, -0.2) is 32.4 Å². The molecule has 1 heterocycles. The number of amides is 1. The summed E-state index contributed by atoms with van der Waals surface area (Å²) >= 11 is 1.34. The number of hydrogen-bond donors (Lipinski definition) is 2. The van der Waals surface area contributed by atoms with Gasteiger partial charge in [0.2, 0.25) is 11.1 Å². The van der Waals surface area contributed by atoms with Gasteiger partial charge in [-0.25, -0.2) is 4.98 Å². The zero-order valence-electron chi connectivity index (χ0n) is 10.1. The quantitative estimate of drug-likeness (QED) is 0.782. The van der Waals surface area contributed by atoms with E-state index >= 15 is 0 Å². The predicted molar refractivity (Wildman–Crippen MR) is 64.4 cm³/mol. The van der Waals surface area contributed by atoms with Gasteiger partial charge in [0.15, 0.2) is 0 Å². The van der Waals surface area contributed by atoms with Crippen LogP contribution in [0.1, 0.15) is 33.5 Å². The lowest BCUT2D eigenvalue weighted by molar-refractivity contribution is -0.119. The maximum absolute atomic E-state index is 11.5. The number of aromatic nitrogens is 3. The van der Waals surface area contributed by atoms with Crippen LogP contribution in [0.25, 0.3) is 0 Å². The average molecular weight is 242 g/mol. The Balaban J connectivity index is 2.37. The van der Waals surface area contributed by atoms with E-state index in [1.165, 1.54) is 11.8 Å². The molecule has 0 aliphatic carbocycles. The molecule has 16 heavy (non-hydrogen) atoms. The molecule has 2 N–H and O–H groups in total. The van der Waals surface area contributed by atoms with Crippen molar-refractivity contribution in [3.63, 3.8) is 0 Å². The molecule has 0 bridgehead atoms. The number of thioether (sulfide) groups is 1. The average Bonchev–Trinajstić information content (AvgIpc) is 2.59. The molecule has 90 valence electrons. The Kier molecular flexibility index (Phi) is 4.35. The van der Waals surface area contributed by atoms with Gasteiger partial charge >= 0.3 is 0 Å². The zero-order chi connectivity index (χ0) is 12.2. The maximum Gasteiger partial charge on any atom is 0.230 e. The Labute approximate surface area is 99.8 Å². The monoisotopic (exact) mass is 242 g/mol. The molecule has 1 amide bonds. The molecule has 0 atom stereocenters. The van der Waals surface area contributed by atoms with Crippen molar-refractivity contribution in [1.29, 1.82) is 0 Å². The van der Waals surface area contributed by atoms with Gasteiger partial charge in [-0.1, -0.05) is 18.7 Å². The van der Waals surface area contributed by atoms with Gasteiger partial charge in [-0.3, -0.25) is 9.89 Å². The molecule has 1 aromatic heterocycles. The Morgan fingerprint density at radius 2 is 2.19 bits per heavy atom. The number of nitrogens with zero attached hydrogens (tertiary/aromatic N) is 2. The van der Waals surface area contributed by atoms with E-state index in [9.17, 15) is 4.79 Å². The summed E-state index contributed by atoms with van der Waals surface area (Å²) in [5.74, 6) is 1.19. The lowest BCUT2D eigenvalue weighted by Crippen LogP contribution is -2.41. The van der Waals surface area contributed by atoms with Crippen molar-refractivity contribution in [3.05, 3.63) is 5.82 Å². The number of nitrogens with one attached hydrogen (secondary N) is 2. The number of hydrogen-bond acceptors (Lipinski definition) is 4. The van der Waals surface area contributed by atoms with E-state index in [0.717, 1.165) is 12.2 Å². The molecule has 0 aliphatic heterocycles. The fourth-order valence-corrected chi connectivity index (χ4v) is 1.70. The van der Waals surface area contributed by atoms with Crippen molar-refractivity contribution in [3.8, 4) is 0 Å². The van der Waals surface area contributed by atoms with E-state index in [1.54, 1.807) is 0 Å². The third-order valence-corrected chi connectivity index (χ3v) is 2.54. The number of rotatable bonds is 4. The van der Waals surface area contributed by atoms with Crippen LogP contribution in [0.5, 0.6) is 0 Å². The van der Waals surface area contributed by atoms with Gasteiger partial charge in [0.05, 0.1) is 5.75 Å². The number of aryl methyl sites for hydroxylation is 1. The number of carbonyl (C=O) groups excluding carboxylic acids is 1. The van der Waals surface area contributed by atoms with Crippen LogP contribution in [-0.2, 0) is 11.2 Å². The van der Waals surface area contributed by atoms with Gasteiger partial charge < -0.3 is 5.32 Å². The first-order valence-electron chi connectivity index (χ1n) is 5.26. The highest BCUT2D eigenvalue weighted by molar-refractivity contribution is 7.99. The lowest BCUT2D eigenvalue weighted by Gasteiger charge is -2.19. The Morgan fingerprint density at radius 1 is 1.50 bits per heavy atom. The Morgan fingerprint density at radius 3 is 2.69 bits per heavy atom. The Bertz CT molecular complexity index is 356. The van der Waals surface area contributed by atoms with Crippen LogP contribution >= 0.6 is 11.8 Å². The van der Waals surface area contributed by atoms with Gasteiger partial charge in [-0.15, -0.1) is 5.10 Å². The second-order valence-electron chi connectivity index (χ2n) is 4.51. The second kappa shape index (κ2) is 5.34. The number of carbonyl (C=O) groups is 1. The summed E-state index contributed by atoms with van der Waals surface area (Å²) in [7, 11) is 0. The van der Waals surface area contributed by atoms with Crippen LogP contribution < -0.4 is 5.32 Å². The second-order valence-corrected chi connectivity index (χ2v) is 5.45. The minimum Gasteiger partial charge on any atom is -0.351 e. The zero-order valence-corrected chi connectivity index (χ0v) is 10.9. The standard InChI is InChI=1S/C10H18N4OS/c1-5-7-11-9(14-13-7)16-6-8(15)12-10(2,3)4/h5-6H2,1-4H3,(H,12,15)(H,11,13,14). The fourth-order valence-electron chi connectivity index (χ4n) is 1.08. The molecule has 0 aromatic carbocycles. The summed E-state index contributed by atoms with van der Waals surface area (Å²) in [4.78, 5) is 15.7. The summed E-state index contributed by atoms with van der Waals surface area (Å²) < 4.78 is 0. The molecule has 0 unspecified atom stereocenters. The molecule has 0 saturated heterocycles. The maximum atomic E-state index is 11.5. The van der Waals surface area contributed by atoms with Crippen molar-refractivity contribution in [2.45, 2.75) is 44.8 Å². The molecule has 1 rings (SSSR count). The molecule has 6 heteroatoms. The van der Waals surface area contributed by atoms with E-state index in [1.807, 2.05) is 27.7 Å². The van der Waals surface area contributed by atoms with Crippen LogP contribution in [0.15, 0.2) is 5.16 Å². The van der Waals surface area contributed by atoms with Gasteiger partial charge in [-0.2, -0.15) is 0 Å². The first-order chi connectivity index (χ1) is 7.40. The van der Waals surface area contributed by atoms with E-state index in [4.69, 9.17) is 0 Å². The summed E-state index contributed by atoms with van der Waals surface area (Å²) in [5.41, 5.74) is -0.189. The van der Waals surface area contributed by atoms with Gasteiger partial charge in [0.1, 0.15) is 5.82 Å². The van der Waals surface area contributed by atoms with Crippen LogP contribution in [0.4, 0.5) is 0 Å². The lowest BCUT2D eigenvalue weighted by atomic mass is 10.1. The molecular formula is C10H18N4OS. The molecule has 0 spiro atoms. The van der Waals surface area contributed by atoms with Gasteiger partial charge in [0.25, 0.3) is 0 Å². The molecule has 5 nitrogen and oxygen atoms in total. The number of aromatic amines is 1. The van der Waals surface area contributed by atoms with Gasteiger partial charge in [0, 0.05) is 12.0 Å². The highest BCUT2D eigenvalue weighted by Crippen LogP contribution is 2.12. The molecule has 0 saturated carbocycles.